The summed E-state index contributed by atoms with van der Waals surface area (Å²) in [6.45, 7) is 3.95. The third kappa shape index (κ3) is 4.06. The molecule has 1 aromatic heterocycles. The molecule has 150 valence electrons. The maximum absolute atomic E-state index is 12.4. The Kier molecular flexibility index (Phi) is 6.13. The van der Waals surface area contributed by atoms with Crippen LogP contribution < -0.4 is 19.5 Å². The Hall–Kier alpha value is -3.81. The number of aromatic nitrogens is 2. The fourth-order valence-electron chi connectivity index (χ4n) is 2.79. The zero-order valence-corrected chi connectivity index (χ0v) is 16.4. The second-order valence-corrected chi connectivity index (χ2v) is 5.88. The van der Waals surface area contributed by atoms with Crippen molar-refractivity contribution in [2.45, 2.75) is 0 Å². The highest BCUT2D eigenvalue weighted by Gasteiger charge is 2.20. The first kappa shape index (κ1) is 19.9. The molecule has 1 heterocycles. The fraction of sp³-hybridized carbons (Fsp3) is 0.190. The monoisotopic (exact) mass is 395 g/mol. The fourth-order valence-corrected chi connectivity index (χ4v) is 2.79. The molecule has 0 radical (unpaired) electrons. The largest absolute Gasteiger partial charge is 0.493 e. The maximum Gasteiger partial charge on any atom is 0.259 e. The molecular formula is C21H21N3O5. The minimum Gasteiger partial charge on any atom is -0.493 e. The highest BCUT2D eigenvalue weighted by atomic mass is 16.5. The van der Waals surface area contributed by atoms with Crippen molar-refractivity contribution in [1.82, 2.24) is 15.5 Å². The van der Waals surface area contributed by atoms with Gasteiger partial charge >= 0.3 is 0 Å². The number of methoxy groups -OCH3 is 3. The van der Waals surface area contributed by atoms with E-state index in [2.05, 4.69) is 22.0 Å². The highest BCUT2D eigenvalue weighted by molar-refractivity contribution is 6.00. The summed E-state index contributed by atoms with van der Waals surface area (Å²) >= 11 is 0. The first-order chi connectivity index (χ1) is 14.1. The lowest BCUT2D eigenvalue weighted by atomic mass is 10.1. The molecule has 0 unspecified atom stereocenters. The van der Waals surface area contributed by atoms with Crippen LogP contribution in [0, 0.1) is 0 Å². The molecule has 0 aliphatic rings. The van der Waals surface area contributed by atoms with Crippen LogP contribution in [0.3, 0.4) is 0 Å². The van der Waals surface area contributed by atoms with E-state index in [0.29, 0.717) is 46.3 Å². The van der Waals surface area contributed by atoms with Crippen molar-refractivity contribution in [1.29, 1.82) is 0 Å². The second kappa shape index (κ2) is 8.92. The van der Waals surface area contributed by atoms with Crippen molar-refractivity contribution in [2.75, 3.05) is 27.9 Å². The van der Waals surface area contributed by atoms with Gasteiger partial charge in [0.2, 0.25) is 11.6 Å². The van der Waals surface area contributed by atoms with E-state index in [4.69, 9.17) is 18.7 Å². The summed E-state index contributed by atoms with van der Waals surface area (Å²) in [5, 5.41) is 6.79. The standard InChI is InChI=1S/C21H21N3O5/c1-5-10-22-20(25)14-8-6-7-9-15(14)21-23-19(24-29-21)13-11-16(26-2)18(28-4)17(12-13)27-3/h5-9,11-12H,1,10H2,2-4H3,(H,22,25). The molecule has 0 aliphatic carbocycles. The van der Waals surface area contributed by atoms with Crippen LogP contribution in [0.25, 0.3) is 22.8 Å². The van der Waals surface area contributed by atoms with Gasteiger partial charge < -0.3 is 24.1 Å². The van der Waals surface area contributed by atoms with Gasteiger partial charge in [0.25, 0.3) is 11.8 Å². The molecule has 29 heavy (non-hydrogen) atoms. The molecule has 1 amide bonds. The zero-order chi connectivity index (χ0) is 20.8. The topological polar surface area (TPSA) is 95.7 Å². The third-order valence-corrected chi connectivity index (χ3v) is 4.16. The van der Waals surface area contributed by atoms with Crippen LogP contribution >= 0.6 is 0 Å². The summed E-state index contributed by atoms with van der Waals surface area (Å²) in [6, 6.07) is 10.4. The van der Waals surface area contributed by atoms with Crippen LogP contribution in [-0.2, 0) is 0 Å². The van der Waals surface area contributed by atoms with E-state index in [9.17, 15) is 4.79 Å². The molecule has 0 saturated carbocycles. The predicted octanol–water partition coefficient (Wildman–Crippen LogP) is 3.35. The molecule has 3 aromatic rings. The van der Waals surface area contributed by atoms with E-state index in [1.54, 1.807) is 42.5 Å². The lowest BCUT2D eigenvalue weighted by Crippen LogP contribution is -2.23. The Balaban J connectivity index is 2.01. The minimum absolute atomic E-state index is 0.220. The third-order valence-electron chi connectivity index (χ3n) is 4.16. The second-order valence-electron chi connectivity index (χ2n) is 5.88. The van der Waals surface area contributed by atoms with E-state index < -0.39 is 0 Å². The van der Waals surface area contributed by atoms with Crippen molar-refractivity contribution in [3.63, 3.8) is 0 Å². The summed E-state index contributed by atoms with van der Waals surface area (Å²) < 4.78 is 21.5. The molecular weight excluding hydrogens is 374 g/mol. The zero-order valence-electron chi connectivity index (χ0n) is 16.4. The van der Waals surface area contributed by atoms with Crippen molar-refractivity contribution in [3.8, 4) is 40.1 Å². The molecule has 0 atom stereocenters. The number of nitrogens with zero attached hydrogens (tertiary/aromatic N) is 2. The molecule has 8 heteroatoms. The predicted molar refractivity (Wildman–Crippen MR) is 107 cm³/mol. The maximum atomic E-state index is 12.4. The van der Waals surface area contributed by atoms with Gasteiger partial charge in [0.1, 0.15) is 0 Å². The Morgan fingerprint density at radius 2 is 1.83 bits per heavy atom. The van der Waals surface area contributed by atoms with Crippen molar-refractivity contribution in [2.24, 2.45) is 0 Å². The number of nitrogens with one attached hydrogen (secondary N) is 1. The van der Waals surface area contributed by atoms with E-state index in [-0.39, 0.29) is 11.8 Å². The summed E-state index contributed by atoms with van der Waals surface area (Å²) in [5.74, 6) is 1.69. The SMILES string of the molecule is C=CCNC(=O)c1ccccc1-c1nc(-c2cc(OC)c(OC)c(OC)c2)no1. The molecule has 0 bridgehead atoms. The first-order valence-corrected chi connectivity index (χ1v) is 8.75. The Labute approximate surface area is 168 Å². The normalized spacial score (nSPS) is 10.3. The van der Waals surface area contributed by atoms with Crippen LogP contribution in [0.4, 0.5) is 0 Å². The average molecular weight is 395 g/mol. The van der Waals surface area contributed by atoms with Gasteiger partial charge in [0.05, 0.1) is 32.5 Å². The van der Waals surface area contributed by atoms with E-state index in [0.717, 1.165) is 0 Å². The van der Waals surface area contributed by atoms with Crippen LogP contribution in [0.1, 0.15) is 10.4 Å². The number of hydrogen-bond acceptors (Lipinski definition) is 7. The van der Waals surface area contributed by atoms with E-state index in [1.165, 1.54) is 21.3 Å². The average Bonchev–Trinajstić information content (AvgIpc) is 3.26. The van der Waals surface area contributed by atoms with Gasteiger partial charge in [-0.1, -0.05) is 23.4 Å². The van der Waals surface area contributed by atoms with Gasteiger partial charge in [-0.3, -0.25) is 4.79 Å². The van der Waals surface area contributed by atoms with Gasteiger partial charge in [-0.05, 0) is 24.3 Å². The number of amides is 1. The highest BCUT2D eigenvalue weighted by Crippen LogP contribution is 2.40. The summed E-state index contributed by atoms with van der Waals surface area (Å²) in [5.41, 5.74) is 1.57. The Bertz CT molecular complexity index is 1000. The molecule has 2 aromatic carbocycles. The number of carbonyl (C=O) groups excluding carboxylic acids is 1. The van der Waals surface area contributed by atoms with Crippen molar-refractivity contribution in [3.05, 3.63) is 54.6 Å². The number of benzene rings is 2. The molecule has 3 rings (SSSR count). The van der Waals surface area contributed by atoms with Gasteiger partial charge in [-0.25, -0.2) is 0 Å². The van der Waals surface area contributed by atoms with Gasteiger partial charge in [0.15, 0.2) is 11.5 Å². The van der Waals surface area contributed by atoms with E-state index in [1.807, 2.05) is 0 Å². The molecule has 8 nitrogen and oxygen atoms in total. The number of carbonyl (C=O) groups is 1. The van der Waals surface area contributed by atoms with Gasteiger partial charge in [-0.2, -0.15) is 4.98 Å². The van der Waals surface area contributed by atoms with Crippen LogP contribution in [0.15, 0.2) is 53.6 Å². The lowest BCUT2D eigenvalue weighted by Gasteiger charge is -2.12. The van der Waals surface area contributed by atoms with E-state index >= 15 is 0 Å². The first-order valence-electron chi connectivity index (χ1n) is 8.75. The van der Waals surface area contributed by atoms with Crippen LogP contribution in [-0.4, -0.2) is 43.9 Å². The molecule has 0 spiro atoms. The Morgan fingerprint density at radius 1 is 1.14 bits per heavy atom. The number of hydrogen-bond donors (Lipinski definition) is 1. The molecule has 0 aliphatic heterocycles. The van der Waals surface area contributed by atoms with Gasteiger partial charge in [0, 0.05) is 12.1 Å². The van der Waals surface area contributed by atoms with Crippen molar-refractivity contribution >= 4 is 5.91 Å². The number of rotatable bonds is 8. The molecule has 0 fully saturated rings. The molecule has 1 N–H and O–H groups in total. The lowest BCUT2D eigenvalue weighted by molar-refractivity contribution is 0.0958. The van der Waals surface area contributed by atoms with Crippen LogP contribution in [0.2, 0.25) is 0 Å². The summed E-state index contributed by atoms with van der Waals surface area (Å²) in [6.07, 6.45) is 1.61. The van der Waals surface area contributed by atoms with Crippen LogP contribution in [0.5, 0.6) is 17.2 Å². The summed E-state index contributed by atoms with van der Waals surface area (Å²) in [4.78, 5) is 16.9. The molecule has 0 saturated heterocycles. The Morgan fingerprint density at radius 3 is 2.45 bits per heavy atom. The smallest absolute Gasteiger partial charge is 0.259 e. The quantitative estimate of drug-likeness (QED) is 0.584. The van der Waals surface area contributed by atoms with Gasteiger partial charge in [-0.15, -0.1) is 6.58 Å². The minimum atomic E-state index is -0.256. The number of ether oxygens (including phenoxy) is 3. The van der Waals surface area contributed by atoms with Crippen molar-refractivity contribution < 1.29 is 23.5 Å². The summed E-state index contributed by atoms with van der Waals surface area (Å²) in [7, 11) is 4.59.